The van der Waals surface area contributed by atoms with Crippen LogP contribution in [0.15, 0.2) is 23.7 Å². The summed E-state index contributed by atoms with van der Waals surface area (Å²) < 4.78 is 12.9. The first-order chi connectivity index (χ1) is 9.74. The standard InChI is InChI=1S/C14H17FN4S/c1-10(19-6-4-16-5-7-19)14-18-13(9-20-14)12-3-2-11(15)8-17-12/h2-3,8-10,16H,4-7H2,1H3. The molecule has 0 saturated carbocycles. The van der Waals surface area contributed by atoms with Gasteiger partial charge in [-0.05, 0) is 19.1 Å². The number of hydrogen-bond donors (Lipinski definition) is 1. The van der Waals surface area contributed by atoms with Gasteiger partial charge in [0.2, 0.25) is 0 Å². The molecule has 1 unspecified atom stereocenters. The highest BCUT2D eigenvalue weighted by atomic mass is 32.1. The topological polar surface area (TPSA) is 41.1 Å². The molecule has 0 bridgehead atoms. The average Bonchev–Trinajstić information content (AvgIpc) is 2.98. The van der Waals surface area contributed by atoms with E-state index in [1.807, 2.05) is 5.38 Å². The summed E-state index contributed by atoms with van der Waals surface area (Å²) in [5.41, 5.74) is 1.55. The summed E-state index contributed by atoms with van der Waals surface area (Å²) in [4.78, 5) is 11.2. The van der Waals surface area contributed by atoms with Gasteiger partial charge in [-0.1, -0.05) is 0 Å². The SMILES string of the molecule is CC(c1nc(-c2ccc(F)cn2)cs1)N1CCNCC1. The second-order valence-corrected chi connectivity index (χ2v) is 5.78. The van der Waals surface area contributed by atoms with Gasteiger partial charge in [-0.2, -0.15) is 0 Å². The Morgan fingerprint density at radius 1 is 1.30 bits per heavy atom. The van der Waals surface area contributed by atoms with Gasteiger partial charge >= 0.3 is 0 Å². The molecule has 0 amide bonds. The summed E-state index contributed by atoms with van der Waals surface area (Å²) in [6.07, 6.45) is 1.23. The summed E-state index contributed by atoms with van der Waals surface area (Å²) in [5.74, 6) is -0.321. The van der Waals surface area contributed by atoms with Crippen molar-refractivity contribution in [2.75, 3.05) is 26.2 Å². The van der Waals surface area contributed by atoms with E-state index in [1.165, 1.54) is 12.3 Å². The first-order valence-electron chi connectivity index (χ1n) is 6.76. The van der Waals surface area contributed by atoms with E-state index in [2.05, 4.69) is 27.1 Å². The van der Waals surface area contributed by atoms with Crippen LogP contribution in [0.5, 0.6) is 0 Å². The molecule has 6 heteroatoms. The van der Waals surface area contributed by atoms with E-state index in [9.17, 15) is 4.39 Å². The molecule has 1 N–H and O–H groups in total. The van der Waals surface area contributed by atoms with Gasteiger partial charge in [-0.15, -0.1) is 11.3 Å². The van der Waals surface area contributed by atoms with Crippen LogP contribution in [-0.2, 0) is 0 Å². The van der Waals surface area contributed by atoms with Crippen molar-refractivity contribution < 1.29 is 4.39 Å². The lowest BCUT2D eigenvalue weighted by atomic mass is 10.2. The maximum absolute atomic E-state index is 12.9. The summed E-state index contributed by atoms with van der Waals surface area (Å²) in [5, 5.41) is 6.44. The van der Waals surface area contributed by atoms with Gasteiger partial charge in [0.05, 0.1) is 23.6 Å². The first kappa shape index (κ1) is 13.6. The van der Waals surface area contributed by atoms with E-state index in [0.717, 1.165) is 42.6 Å². The van der Waals surface area contributed by atoms with Gasteiger partial charge in [-0.3, -0.25) is 9.88 Å². The number of pyridine rings is 1. The van der Waals surface area contributed by atoms with Gasteiger partial charge in [0, 0.05) is 31.6 Å². The molecule has 1 atom stereocenters. The fourth-order valence-electron chi connectivity index (χ4n) is 2.35. The fraction of sp³-hybridized carbons (Fsp3) is 0.429. The summed E-state index contributed by atoms with van der Waals surface area (Å²) in [7, 11) is 0. The van der Waals surface area contributed by atoms with Gasteiger partial charge in [-0.25, -0.2) is 9.37 Å². The molecule has 106 valence electrons. The van der Waals surface area contributed by atoms with E-state index in [0.29, 0.717) is 6.04 Å². The molecule has 2 aromatic heterocycles. The minimum atomic E-state index is -0.321. The van der Waals surface area contributed by atoms with Crippen LogP contribution in [0.25, 0.3) is 11.4 Å². The molecule has 4 nitrogen and oxygen atoms in total. The van der Waals surface area contributed by atoms with E-state index in [-0.39, 0.29) is 5.82 Å². The lowest BCUT2D eigenvalue weighted by molar-refractivity contribution is 0.185. The Morgan fingerprint density at radius 2 is 2.10 bits per heavy atom. The second-order valence-electron chi connectivity index (χ2n) is 4.89. The van der Waals surface area contributed by atoms with Crippen LogP contribution >= 0.6 is 11.3 Å². The second kappa shape index (κ2) is 5.95. The Hall–Kier alpha value is -1.37. The highest BCUT2D eigenvalue weighted by molar-refractivity contribution is 7.10. The van der Waals surface area contributed by atoms with Crippen LogP contribution in [0.3, 0.4) is 0 Å². The summed E-state index contributed by atoms with van der Waals surface area (Å²) >= 11 is 1.64. The smallest absolute Gasteiger partial charge is 0.141 e. The molecule has 1 saturated heterocycles. The predicted molar refractivity (Wildman–Crippen MR) is 78.2 cm³/mol. The summed E-state index contributed by atoms with van der Waals surface area (Å²) in [6, 6.07) is 3.40. The summed E-state index contributed by atoms with van der Waals surface area (Å²) in [6.45, 7) is 6.34. The Labute approximate surface area is 121 Å². The number of hydrogen-bond acceptors (Lipinski definition) is 5. The van der Waals surface area contributed by atoms with Crippen LogP contribution in [-0.4, -0.2) is 41.0 Å². The highest BCUT2D eigenvalue weighted by Gasteiger charge is 2.20. The van der Waals surface area contributed by atoms with E-state index in [1.54, 1.807) is 17.4 Å². The predicted octanol–water partition coefficient (Wildman–Crippen LogP) is 2.31. The Bertz CT molecular complexity index is 563. The number of nitrogens with one attached hydrogen (secondary N) is 1. The molecule has 1 aliphatic heterocycles. The monoisotopic (exact) mass is 292 g/mol. The van der Waals surface area contributed by atoms with Gasteiger partial charge in [0.25, 0.3) is 0 Å². The van der Waals surface area contributed by atoms with Crippen molar-refractivity contribution in [3.05, 3.63) is 34.5 Å². The molecule has 3 heterocycles. The largest absolute Gasteiger partial charge is 0.314 e. The Balaban J connectivity index is 1.77. The molecule has 3 rings (SSSR count). The number of rotatable bonds is 3. The minimum absolute atomic E-state index is 0.316. The molecule has 20 heavy (non-hydrogen) atoms. The Morgan fingerprint density at radius 3 is 2.80 bits per heavy atom. The van der Waals surface area contributed by atoms with E-state index in [4.69, 9.17) is 0 Å². The highest BCUT2D eigenvalue weighted by Crippen LogP contribution is 2.27. The van der Waals surface area contributed by atoms with E-state index >= 15 is 0 Å². The quantitative estimate of drug-likeness (QED) is 0.942. The fourth-order valence-corrected chi connectivity index (χ4v) is 3.25. The molecular weight excluding hydrogens is 275 g/mol. The van der Waals surface area contributed by atoms with Gasteiger partial charge in [0.15, 0.2) is 0 Å². The van der Waals surface area contributed by atoms with Crippen molar-refractivity contribution in [1.82, 2.24) is 20.2 Å². The Kier molecular flexibility index (Phi) is 4.05. The van der Waals surface area contributed by atoms with Crippen molar-refractivity contribution >= 4 is 11.3 Å². The molecule has 1 fully saturated rings. The van der Waals surface area contributed by atoms with Gasteiger partial charge < -0.3 is 5.32 Å². The number of halogens is 1. The van der Waals surface area contributed by atoms with Crippen LogP contribution in [0.2, 0.25) is 0 Å². The number of thiazole rings is 1. The molecule has 0 aromatic carbocycles. The maximum Gasteiger partial charge on any atom is 0.141 e. The molecule has 0 radical (unpaired) electrons. The number of aromatic nitrogens is 2. The average molecular weight is 292 g/mol. The zero-order valence-corrected chi connectivity index (χ0v) is 12.2. The normalized spacial score (nSPS) is 18.1. The third-order valence-corrected chi connectivity index (χ3v) is 4.58. The van der Waals surface area contributed by atoms with Crippen molar-refractivity contribution in [1.29, 1.82) is 0 Å². The zero-order valence-electron chi connectivity index (χ0n) is 11.3. The lowest BCUT2D eigenvalue weighted by Crippen LogP contribution is -2.44. The number of piperazine rings is 1. The maximum atomic E-state index is 12.9. The molecule has 0 aliphatic carbocycles. The van der Waals surface area contributed by atoms with Crippen molar-refractivity contribution in [2.24, 2.45) is 0 Å². The lowest BCUT2D eigenvalue weighted by Gasteiger charge is -2.31. The van der Waals surface area contributed by atoms with Crippen LogP contribution in [0, 0.1) is 5.82 Å². The molecular formula is C14H17FN4S. The van der Waals surface area contributed by atoms with Crippen LogP contribution < -0.4 is 5.32 Å². The molecule has 2 aromatic rings. The van der Waals surface area contributed by atoms with Crippen molar-refractivity contribution in [3.8, 4) is 11.4 Å². The van der Waals surface area contributed by atoms with Crippen molar-refractivity contribution in [3.63, 3.8) is 0 Å². The van der Waals surface area contributed by atoms with Gasteiger partial charge in [0.1, 0.15) is 10.8 Å². The van der Waals surface area contributed by atoms with E-state index < -0.39 is 0 Å². The van der Waals surface area contributed by atoms with Crippen molar-refractivity contribution in [2.45, 2.75) is 13.0 Å². The third kappa shape index (κ3) is 2.87. The minimum Gasteiger partial charge on any atom is -0.314 e. The first-order valence-corrected chi connectivity index (χ1v) is 7.64. The molecule has 1 aliphatic rings. The number of nitrogens with zero attached hydrogens (tertiary/aromatic N) is 3. The zero-order chi connectivity index (χ0) is 13.9. The molecule has 0 spiro atoms. The third-order valence-electron chi connectivity index (χ3n) is 3.57. The van der Waals surface area contributed by atoms with Crippen LogP contribution in [0.1, 0.15) is 18.0 Å². The van der Waals surface area contributed by atoms with Crippen LogP contribution in [0.4, 0.5) is 4.39 Å².